The van der Waals surface area contributed by atoms with Crippen LogP contribution in [0.2, 0.25) is 0 Å². The van der Waals surface area contributed by atoms with E-state index in [0.717, 1.165) is 0 Å². The molecule has 0 aliphatic heterocycles. The van der Waals surface area contributed by atoms with Gasteiger partial charge in [-0.2, -0.15) is 8.78 Å². The summed E-state index contributed by atoms with van der Waals surface area (Å²) in [6.45, 7) is -0.186. The number of rotatable bonds is 3. The quantitative estimate of drug-likeness (QED) is 0.759. The second kappa shape index (κ2) is 5.47. The summed E-state index contributed by atoms with van der Waals surface area (Å²) in [4.78, 5) is 0. The predicted octanol–water partition coefficient (Wildman–Crippen LogP) is 2.25. The first-order valence-corrected chi connectivity index (χ1v) is 4.67. The van der Waals surface area contributed by atoms with Crippen LogP contribution in [0, 0.1) is 11.8 Å². The molecule has 1 rings (SSSR count). The number of alkyl halides is 2. The van der Waals surface area contributed by atoms with Crippen molar-refractivity contribution in [2.45, 2.75) is 18.8 Å². The summed E-state index contributed by atoms with van der Waals surface area (Å²) in [5.41, 5.74) is 0.556. The molecule has 15 heavy (non-hydrogen) atoms. The van der Waals surface area contributed by atoms with E-state index in [1.807, 2.05) is 5.92 Å². The van der Waals surface area contributed by atoms with Crippen LogP contribution in [0.25, 0.3) is 0 Å². The van der Waals surface area contributed by atoms with Crippen molar-refractivity contribution in [1.82, 2.24) is 0 Å². The minimum absolute atomic E-state index is 0.0877. The molecule has 0 aliphatic rings. The predicted molar refractivity (Wildman–Crippen MR) is 54.6 cm³/mol. The van der Waals surface area contributed by atoms with Gasteiger partial charge in [0.1, 0.15) is 0 Å². The van der Waals surface area contributed by atoms with Crippen molar-refractivity contribution in [1.29, 1.82) is 0 Å². The zero-order valence-corrected chi connectivity index (χ0v) is 8.21. The molecule has 0 aromatic heterocycles. The summed E-state index contributed by atoms with van der Waals surface area (Å²) in [5, 5.41) is 8.41. The monoisotopic (exact) mass is 210 g/mol. The molecule has 80 valence electrons. The van der Waals surface area contributed by atoms with E-state index in [1.165, 1.54) is 0 Å². The molecular formula is C12H12F2O. The molecule has 3 heteroatoms. The van der Waals surface area contributed by atoms with Gasteiger partial charge in [-0.1, -0.05) is 36.3 Å². The Kier molecular flexibility index (Phi) is 4.26. The zero-order chi connectivity index (χ0) is 11.1. The molecule has 0 unspecified atom stereocenters. The van der Waals surface area contributed by atoms with Crippen molar-refractivity contribution in [2.24, 2.45) is 0 Å². The van der Waals surface area contributed by atoms with Crippen LogP contribution >= 0.6 is 0 Å². The highest BCUT2D eigenvalue weighted by Gasteiger charge is 2.25. The van der Waals surface area contributed by atoms with E-state index in [9.17, 15) is 8.78 Å². The SMILES string of the molecule is OCCC#CC(F)(F)Cc1ccccc1. The molecule has 0 spiro atoms. The van der Waals surface area contributed by atoms with E-state index in [1.54, 1.807) is 30.3 Å². The van der Waals surface area contributed by atoms with Gasteiger partial charge < -0.3 is 5.11 Å². The third kappa shape index (κ3) is 4.57. The molecule has 1 aromatic carbocycles. The highest BCUT2D eigenvalue weighted by molar-refractivity contribution is 5.21. The molecule has 0 fully saturated rings. The van der Waals surface area contributed by atoms with E-state index in [2.05, 4.69) is 5.92 Å². The summed E-state index contributed by atoms with van der Waals surface area (Å²) in [5.74, 6) is 1.09. The average Bonchev–Trinajstić information content (AvgIpc) is 2.18. The fourth-order valence-electron chi connectivity index (χ4n) is 1.14. The summed E-state index contributed by atoms with van der Waals surface area (Å²) < 4.78 is 26.4. The van der Waals surface area contributed by atoms with Crippen LogP contribution < -0.4 is 0 Å². The lowest BCUT2D eigenvalue weighted by molar-refractivity contribution is 0.0669. The standard InChI is InChI=1S/C12H12F2O/c13-12(14,8-4-5-9-15)10-11-6-2-1-3-7-11/h1-3,6-7,15H,5,9-10H2. The summed E-state index contributed by atoms with van der Waals surface area (Å²) in [6, 6.07) is 8.49. The summed E-state index contributed by atoms with van der Waals surface area (Å²) in [7, 11) is 0. The second-order valence-corrected chi connectivity index (χ2v) is 3.14. The summed E-state index contributed by atoms with van der Waals surface area (Å²) >= 11 is 0. The largest absolute Gasteiger partial charge is 0.395 e. The van der Waals surface area contributed by atoms with Gasteiger partial charge in [-0.3, -0.25) is 0 Å². The third-order valence-electron chi connectivity index (χ3n) is 1.78. The summed E-state index contributed by atoms with van der Waals surface area (Å²) in [6.07, 6.45) is -0.295. The van der Waals surface area contributed by atoms with Crippen LogP contribution in [0.1, 0.15) is 12.0 Å². The van der Waals surface area contributed by atoms with Gasteiger partial charge in [0, 0.05) is 12.8 Å². The van der Waals surface area contributed by atoms with Crippen LogP contribution in [0.3, 0.4) is 0 Å². The highest BCUT2D eigenvalue weighted by Crippen LogP contribution is 2.18. The smallest absolute Gasteiger partial charge is 0.312 e. The topological polar surface area (TPSA) is 20.2 Å². The molecule has 1 nitrogen and oxygen atoms in total. The molecule has 0 saturated heterocycles. The van der Waals surface area contributed by atoms with Gasteiger partial charge >= 0.3 is 5.92 Å². The van der Waals surface area contributed by atoms with Crippen LogP contribution in [0.15, 0.2) is 30.3 Å². The molecule has 0 bridgehead atoms. The lowest BCUT2D eigenvalue weighted by atomic mass is 10.1. The highest BCUT2D eigenvalue weighted by atomic mass is 19.3. The maximum Gasteiger partial charge on any atom is 0.312 e. The first-order valence-electron chi connectivity index (χ1n) is 4.67. The first-order chi connectivity index (χ1) is 7.14. The fraction of sp³-hybridized carbons (Fsp3) is 0.333. The Balaban J connectivity index is 2.61. The maximum absolute atomic E-state index is 13.2. The van der Waals surface area contributed by atoms with Crippen molar-refractivity contribution in [2.75, 3.05) is 6.61 Å². The number of hydrogen-bond donors (Lipinski definition) is 1. The molecule has 0 radical (unpaired) electrons. The Morgan fingerprint density at radius 1 is 1.20 bits per heavy atom. The number of aliphatic hydroxyl groups is 1. The van der Waals surface area contributed by atoms with Gasteiger partial charge in [-0.15, -0.1) is 0 Å². The van der Waals surface area contributed by atoms with Gasteiger partial charge in [0.15, 0.2) is 0 Å². The number of hydrogen-bond acceptors (Lipinski definition) is 1. The first kappa shape index (κ1) is 11.7. The van der Waals surface area contributed by atoms with E-state index in [4.69, 9.17) is 5.11 Å². The number of benzene rings is 1. The normalized spacial score (nSPS) is 10.6. The molecule has 1 aromatic rings. The second-order valence-electron chi connectivity index (χ2n) is 3.14. The van der Waals surface area contributed by atoms with E-state index in [-0.39, 0.29) is 19.4 Å². The van der Waals surface area contributed by atoms with Crippen molar-refractivity contribution < 1.29 is 13.9 Å². The van der Waals surface area contributed by atoms with Crippen molar-refractivity contribution >= 4 is 0 Å². The minimum Gasteiger partial charge on any atom is -0.395 e. The van der Waals surface area contributed by atoms with E-state index < -0.39 is 5.92 Å². The van der Waals surface area contributed by atoms with Gasteiger partial charge in [0.25, 0.3) is 0 Å². The van der Waals surface area contributed by atoms with Crippen LogP contribution in [0.4, 0.5) is 8.78 Å². The number of aliphatic hydroxyl groups excluding tert-OH is 1. The molecule has 0 amide bonds. The van der Waals surface area contributed by atoms with Gasteiger partial charge in [0.2, 0.25) is 0 Å². The molecule has 0 saturated carbocycles. The van der Waals surface area contributed by atoms with Crippen LogP contribution in [-0.4, -0.2) is 17.6 Å². The van der Waals surface area contributed by atoms with Gasteiger partial charge in [-0.25, -0.2) is 0 Å². The van der Waals surface area contributed by atoms with Crippen molar-refractivity contribution in [3.05, 3.63) is 35.9 Å². The van der Waals surface area contributed by atoms with Crippen LogP contribution in [0.5, 0.6) is 0 Å². The Bertz CT molecular complexity index is 349. The molecule has 0 atom stereocenters. The molecule has 0 aliphatic carbocycles. The Morgan fingerprint density at radius 2 is 1.87 bits per heavy atom. The Hall–Kier alpha value is -1.40. The Labute approximate surface area is 87.7 Å². The third-order valence-corrected chi connectivity index (χ3v) is 1.78. The van der Waals surface area contributed by atoms with Crippen molar-refractivity contribution in [3.8, 4) is 11.8 Å². The fourth-order valence-corrected chi connectivity index (χ4v) is 1.14. The molecule has 1 N–H and O–H groups in total. The lowest BCUT2D eigenvalue weighted by Gasteiger charge is -2.08. The van der Waals surface area contributed by atoms with E-state index in [0.29, 0.717) is 5.56 Å². The molecule has 0 heterocycles. The van der Waals surface area contributed by atoms with Gasteiger partial charge in [0.05, 0.1) is 6.61 Å². The maximum atomic E-state index is 13.2. The lowest BCUT2D eigenvalue weighted by Crippen LogP contribution is -2.16. The van der Waals surface area contributed by atoms with E-state index >= 15 is 0 Å². The minimum atomic E-state index is -3.02. The average molecular weight is 210 g/mol. The number of halogens is 2. The van der Waals surface area contributed by atoms with Crippen LogP contribution in [-0.2, 0) is 6.42 Å². The zero-order valence-electron chi connectivity index (χ0n) is 8.21. The molecular weight excluding hydrogens is 198 g/mol. The Morgan fingerprint density at radius 3 is 2.47 bits per heavy atom. The van der Waals surface area contributed by atoms with Gasteiger partial charge in [-0.05, 0) is 11.5 Å². The van der Waals surface area contributed by atoms with Crippen molar-refractivity contribution in [3.63, 3.8) is 0 Å².